The molecule has 1 aliphatic rings. The lowest BCUT2D eigenvalue weighted by molar-refractivity contribution is -0.134. The van der Waals surface area contributed by atoms with Gasteiger partial charge in [0, 0.05) is 31.7 Å². The van der Waals surface area contributed by atoms with Gasteiger partial charge in [0.1, 0.15) is 5.75 Å². The van der Waals surface area contributed by atoms with Crippen LogP contribution in [-0.4, -0.2) is 54.4 Å². The van der Waals surface area contributed by atoms with Crippen molar-refractivity contribution < 1.29 is 14.3 Å². The first-order valence-electron chi connectivity index (χ1n) is 8.86. The van der Waals surface area contributed by atoms with Gasteiger partial charge in [0.2, 0.25) is 0 Å². The standard InChI is InChI=1S/C21H24N2O3/c1-16-5-3-7-18(13-16)21(25)23-11-9-22(10-12-23)20(24)15-26-19-8-4-6-17(2)14-19/h3-8,13-14H,9-12,15H2,1-2H3. The van der Waals surface area contributed by atoms with Crippen LogP contribution < -0.4 is 4.74 Å². The van der Waals surface area contributed by atoms with Gasteiger partial charge in [-0.05, 0) is 43.7 Å². The van der Waals surface area contributed by atoms with E-state index in [9.17, 15) is 9.59 Å². The van der Waals surface area contributed by atoms with Crippen molar-refractivity contribution in [2.75, 3.05) is 32.8 Å². The number of hydrogen-bond acceptors (Lipinski definition) is 3. The fraction of sp³-hybridized carbons (Fsp3) is 0.333. The van der Waals surface area contributed by atoms with Crippen LogP contribution in [0.2, 0.25) is 0 Å². The Kier molecular flexibility index (Phi) is 5.56. The van der Waals surface area contributed by atoms with Crippen molar-refractivity contribution in [3.05, 3.63) is 65.2 Å². The molecule has 0 bridgehead atoms. The number of rotatable bonds is 4. The van der Waals surface area contributed by atoms with E-state index in [4.69, 9.17) is 4.74 Å². The van der Waals surface area contributed by atoms with Gasteiger partial charge in [-0.15, -0.1) is 0 Å². The monoisotopic (exact) mass is 352 g/mol. The first-order valence-corrected chi connectivity index (χ1v) is 8.86. The quantitative estimate of drug-likeness (QED) is 0.850. The zero-order valence-corrected chi connectivity index (χ0v) is 15.3. The Bertz CT molecular complexity index is 795. The Balaban J connectivity index is 1.50. The van der Waals surface area contributed by atoms with Gasteiger partial charge in [-0.1, -0.05) is 29.8 Å². The van der Waals surface area contributed by atoms with Crippen molar-refractivity contribution in [3.8, 4) is 5.75 Å². The molecule has 2 aromatic rings. The van der Waals surface area contributed by atoms with E-state index < -0.39 is 0 Å². The summed E-state index contributed by atoms with van der Waals surface area (Å²) in [5.41, 5.74) is 2.86. The maximum Gasteiger partial charge on any atom is 0.260 e. The molecular formula is C21H24N2O3. The van der Waals surface area contributed by atoms with Crippen LogP contribution in [0, 0.1) is 13.8 Å². The molecule has 0 spiro atoms. The molecule has 1 saturated heterocycles. The predicted octanol–water partition coefficient (Wildman–Crippen LogP) is 2.67. The lowest BCUT2D eigenvalue weighted by atomic mass is 10.1. The predicted molar refractivity (Wildman–Crippen MR) is 100 cm³/mol. The maximum atomic E-state index is 12.6. The first kappa shape index (κ1) is 18.0. The number of benzene rings is 2. The highest BCUT2D eigenvalue weighted by Crippen LogP contribution is 2.14. The SMILES string of the molecule is Cc1cccc(OCC(=O)N2CCN(C(=O)c3cccc(C)c3)CC2)c1. The summed E-state index contributed by atoms with van der Waals surface area (Å²) in [5.74, 6) is 0.678. The van der Waals surface area contributed by atoms with E-state index in [0.717, 1.165) is 11.1 Å². The van der Waals surface area contributed by atoms with E-state index in [1.165, 1.54) is 0 Å². The number of carbonyl (C=O) groups excluding carboxylic acids is 2. The van der Waals surface area contributed by atoms with Gasteiger partial charge in [-0.2, -0.15) is 0 Å². The van der Waals surface area contributed by atoms with Gasteiger partial charge in [-0.25, -0.2) is 0 Å². The summed E-state index contributed by atoms with van der Waals surface area (Å²) in [6, 6.07) is 15.2. The van der Waals surface area contributed by atoms with Crippen molar-refractivity contribution in [3.63, 3.8) is 0 Å². The van der Waals surface area contributed by atoms with Crippen molar-refractivity contribution in [2.24, 2.45) is 0 Å². The zero-order chi connectivity index (χ0) is 18.5. The van der Waals surface area contributed by atoms with E-state index in [1.54, 1.807) is 9.80 Å². The number of piperazine rings is 1. The summed E-state index contributed by atoms with van der Waals surface area (Å²) >= 11 is 0. The van der Waals surface area contributed by atoms with Crippen LogP contribution in [0.3, 0.4) is 0 Å². The third-order valence-corrected chi connectivity index (χ3v) is 4.54. The van der Waals surface area contributed by atoms with E-state index in [-0.39, 0.29) is 18.4 Å². The molecule has 1 fully saturated rings. The molecule has 5 nitrogen and oxygen atoms in total. The minimum Gasteiger partial charge on any atom is -0.484 e. The molecule has 1 aliphatic heterocycles. The van der Waals surface area contributed by atoms with Crippen LogP contribution in [-0.2, 0) is 4.79 Å². The average molecular weight is 352 g/mol. The van der Waals surface area contributed by atoms with Gasteiger partial charge < -0.3 is 14.5 Å². The molecular weight excluding hydrogens is 328 g/mol. The first-order chi connectivity index (χ1) is 12.5. The molecule has 0 aromatic heterocycles. The largest absolute Gasteiger partial charge is 0.484 e. The van der Waals surface area contributed by atoms with Gasteiger partial charge >= 0.3 is 0 Å². The van der Waals surface area contributed by atoms with Crippen molar-refractivity contribution in [2.45, 2.75) is 13.8 Å². The lowest BCUT2D eigenvalue weighted by Crippen LogP contribution is -2.51. The Labute approximate surface area is 154 Å². The molecule has 2 aromatic carbocycles. The number of ether oxygens (including phenoxy) is 1. The molecule has 3 rings (SSSR count). The number of amides is 2. The van der Waals surface area contributed by atoms with Gasteiger partial charge in [0.05, 0.1) is 0 Å². The van der Waals surface area contributed by atoms with Gasteiger partial charge in [0.25, 0.3) is 11.8 Å². The maximum absolute atomic E-state index is 12.6. The fourth-order valence-corrected chi connectivity index (χ4v) is 3.06. The Hall–Kier alpha value is -2.82. The summed E-state index contributed by atoms with van der Waals surface area (Å²) < 4.78 is 5.59. The minimum atomic E-state index is -0.0471. The Morgan fingerprint density at radius 2 is 1.50 bits per heavy atom. The molecule has 0 radical (unpaired) electrons. The summed E-state index contributed by atoms with van der Waals surface area (Å²) in [4.78, 5) is 28.5. The lowest BCUT2D eigenvalue weighted by Gasteiger charge is -2.34. The molecule has 5 heteroatoms. The highest BCUT2D eigenvalue weighted by molar-refractivity contribution is 5.94. The number of aryl methyl sites for hydroxylation is 2. The summed E-state index contributed by atoms with van der Waals surface area (Å²) in [6.45, 7) is 6.14. The Morgan fingerprint density at radius 3 is 2.15 bits per heavy atom. The molecule has 0 aliphatic carbocycles. The van der Waals surface area contributed by atoms with Crippen molar-refractivity contribution >= 4 is 11.8 Å². The molecule has 136 valence electrons. The highest BCUT2D eigenvalue weighted by Gasteiger charge is 2.25. The average Bonchev–Trinajstić information content (AvgIpc) is 2.66. The molecule has 1 heterocycles. The van der Waals surface area contributed by atoms with Crippen LogP contribution in [0.1, 0.15) is 21.5 Å². The van der Waals surface area contributed by atoms with Crippen LogP contribution >= 0.6 is 0 Å². The number of carbonyl (C=O) groups is 2. The smallest absolute Gasteiger partial charge is 0.260 e. The molecule has 26 heavy (non-hydrogen) atoms. The minimum absolute atomic E-state index is 0.0231. The van der Waals surface area contributed by atoms with E-state index in [2.05, 4.69) is 0 Å². The molecule has 0 N–H and O–H groups in total. The van der Waals surface area contributed by atoms with Crippen molar-refractivity contribution in [1.29, 1.82) is 0 Å². The van der Waals surface area contributed by atoms with Crippen LogP contribution in [0.15, 0.2) is 48.5 Å². The summed E-state index contributed by atoms with van der Waals surface area (Å²) in [5, 5.41) is 0. The summed E-state index contributed by atoms with van der Waals surface area (Å²) in [6.07, 6.45) is 0. The van der Waals surface area contributed by atoms with E-state index in [0.29, 0.717) is 37.5 Å². The molecule has 0 saturated carbocycles. The second-order valence-corrected chi connectivity index (χ2v) is 6.65. The fourth-order valence-electron chi connectivity index (χ4n) is 3.06. The van der Waals surface area contributed by atoms with Gasteiger partial charge in [0.15, 0.2) is 6.61 Å². The highest BCUT2D eigenvalue weighted by atomic mass is 16.5. The Morgan fingerprint density at radius 1 is 0.885 bits per heavy atom. The number of hydrogen-bond donors (Lipinski definition) is 0. The number of nitrogens with zero attached hydrogens (tertiary/aromatic N) is 2. The van der Waals surface area contributed by atoms with Crippen LogP contribution in [0.25, 0.3) is 0 Å². The van der Waals surface area contributed by atoms with E-state index >= 15 is 0 Å². The third kappa shape index (κ3) is 4.42. The summed E-state index contributed by atoms with van der Waals surface area (Å²) in [7, 11) is 0. The topological polar surface area (TPSA) is 49.9 Å². The third-order valence-electron chi connectivity index (χ3n) is 4.54. The van der Waals surface area contributed by atoms with Gasteiger partial charge in [-0.3, -0.25) is 9.59 Å². The van der Waals surface area contributed by atoms with Crippen LogP contribution in [0.5, 0.6) is 5.75 Å². The zero-order valence-electron chi connectivity index (χ0n) is 15.3. The normalized spacial score (nSPS) is 14.2. The second-order valence-electron chi connectivity index (χ2n) is 6.65. The molecule has 2 amide bonds. The van der Waals surface area contributed by atoms with Crippen LogP contribution in [0.4, 0.5) is 0 Å². The van der Waals surface area contributed by atoms with Crippen molar-refractivity contribution in [1.82, 2.24) is 9.80 Å². The van der Waals surface area contributed by atoms with E-state index in [1.807, 2.05) is 62.4 Å². The molecule has 0 unspecified atom stereocenters. The molecule has 0 atom stereocenters. The second kappa shape index (κ2) is 8.04.